The van der Waals surface area contributed by atoms with Crippen molar-refractivity contribution in [1.29, 1.82) is 0 Å². The van der Waals surface area contributed by atoms with Crippen LogP contribution in [-0.2, 0) is 14.0 Å². The largest absolute Gasteiger partial charge is 0.288 e. The van der Waals surface area contributed by atoms with Crippen molar-refractivity contribution < 1.29 is 9.00 Å². The summed E-state index contributed by atoms with van der Waals surface area (Å²) < 4.78 is 14.9. The maximum atomic E-state index is 12.4. The summed E-state index contributed by atoms with van der Waals surface area (Å²) in [7, 11) is -3.23. The molecule has 0 saturated heterocycles. The molecule has 4 nitrogen and oxygen atoms in total. The number of carbonyl (C=O) groups excluding carboxylic acids is 1. The SMILES string of the molecule is CCC(=O)NS1(=O)(CC)C=CN=C1. The van der Waals surface area contributed by atoms with Gasteiger partial charge in [0.05, 0.1) is 5.55 Å². The Hall–Kier alpha value is -0.970. The minimum absolute atomic E-state index is 0.211. The molecule has 1 rings (SSSR count). The number of aliphatic imine (C=N–C) groups is 1. The number of hydrogen-bond acceptors (Lipinski definition) is 3. The number of carbonyl (C=O) groups is 1. The normalized spacial score (nSPS) is 24.9. The van der Waals surface area contributed by atoms with E-state index in [1.807, 2.05) is 0 Å². The summed E-state index contributed by atoms with van der Waals surface area (Å²) in [4.78, 5) is 14.9. The van der Waals surface area contributed by atoms with Crippen molar-refractivity contribution in [2.75, 3.05) is 5.75 Å². The summed E-state index contributed by atoms with van der Waals surface area (Å²) in [6.07, 6.45) is 1.80. The molecule has 0 aliphatic carbocycles. The predicted octanol–water partition coefficient (Wildman–Crippen LogP) is 0.781. The third kappa shape index (κ3) is 1.85. The molecule has 1 N–H and O–H groups in total. The third-order valence-electron chi connectivity index (χ3n) is 2.00. The Balaban J connectivity index is 2.96. The minimum Gasteiger partial charge on any atom is -0.288 e. The van der Waals surface area contributed by atoms with E-state index in [4.69, 9.17) is 0 Å². The van der Waals surface area contributed by atoms with E-state index < -0.39 is 9.25 Å². The van der Waals surface area contributed by atoms with Crippen molar-refractivity contribution >= 4 is 20.7 Å². The van der Waals surface area contributed by atoms with Gasteiger partial charge in [0.15, 0.2) is 0 Å². The highest BCUT2D eigenvalue weighted by atomic mass is 32.3. The van der Waals surface area contributed by atoms with Crippen LogP contribution in [0.5, 0.6) is 0 Å². The third-order valence-corrected chi connectivity index (χ3v) is 5.18. The molecule has 0 atom stereocenters. The summed E-state index contributed by atoms with van der Waals surface area (Å²) in [5.41, 5.74) is 1.35. The van der Waals surface area contributed by atoms with Gasteiger partial charge in [0, 0.05) is 33.0 Å². The first-order valence-corrected chi connectivity index (χ1v) is 6.46. The fourth-order valence-electron chi connectivity index (χ4n) is 1.01. The van der Waals surface area contributed by atoms with E-state index >= 15 is 0 Å². The molecule has 13 heavy (non-hydrogen) atoms. The van der Waals surface area contributed by atoms with Gasteiger partial charge in [-0.2, -0.15) is 0 Å². The molecule has 1 amide bonds. The summed E-state index contributed by atoms with van der Waals surface area (Å²) in [6.45, 7) is 3.49. The van der Waals surface area contributed by atoms with E-state index in [1.165, 1.54) is 17.2 Å². The molecule has 5 heteroatoms. The van der Waals surface area contributed by atoms with Crippen molar-refractivity contribution in [3.63, 3.8) is 0 Å². The fourth-order valence-corrected chi connectivity index (χ4v) is 3.02. The number of nitrogens with one attached hydrogen (secondary N) is 1. The van der Waals surface area contributed by atoms with Crippen LogP contribution in [0.2, 0.25) is 0 Å². The second-order valence-electron chi connectivity index (χ2n) is 2.95. The van der Waals surface area contributed by atoms with Gasteiger partial charge < -0.3 is 0 Å². The molecule has 0 radical (unpaired) electrons. The average molecular weight is 202 g/mol. The van der Waals surface area contributed by atoms with Crippen LogP contribution in [-0.4, -0.2) is 21.4 Å². The second-order valence-corrected chi connectivity index (χ2v) is 6.70. The molecular formula is C8H14N2O2S. The average Bonchev–Trinajstić information content (AvgIpc) is 2.50. The molecule has 1 heterocycles. The van der Waals surface area contributed by atoms with Gasteiger partial charge in [0.25, 0.3) is 0 Å². The van der Waals surface area contributed by atoms with Crippen LogP contribution >= 0.6 is 0 Å². The van der Waals surface area contributed by atoms with Gasteiger partial charge in [-0.25, -0.2) is 0 Å². The second kappa shape index (κ2) is 3.06. The number of amides is 1. The lowest BCUT2D eigenvalue weighted by molar-refractivity contribution is -0.119. The van der Waals surface area contributed by atoms with E-state index in [2.05, 4.69) is 9.71 Å². The lowest BCUT2D eigenvalue weighted by atomic mass is 10.5. The summed E-state index contributed by atoms with van der Waals surface area (Å²) >= 11 is 0. The van der Waals surface area contributed by atoms with Gasteiger partial charge >= 0.3 is 0 Å². The van der Waals surface area contributed by atoms with Gasteiger partial charge in [-0.15, -0.1) is 0 Å². The predicted molar refractivity (Wildman–Crippen MR) is 54.7 cm³/mol. The Kier molecular flexibility index (Phi) is 2.38. The highest BCUT2D eigenvalue weighted by molar-refractivity contribution is 8.32. The highest BCUT2D eigenvalue weighted by Gasteiger charge is 2.33. The lowest BCUT2D eigenvalue weighted by Gasteiger charge is -2.32. The van der Waals surface area contributed by atoms with Gasteiger partial charge in [0.2, 0.25) is 5.91 Å². The van der Waals surface area contributed by atoms with Gasteiger partial charge in [0.1, 0.15) is 0 Å². The van der Waals surface area contributed by atoms with E-state index in [1.54, 1.807) is 13.8 Å². The molecule has 74 valence electrons. The maximum absolute atomic E-state index is 12.4. The zero-order chi connectivity index (χ0) is 9.97. The number of nitrogens with zero attached hydrogens (tertiary/aromatic N) is 1. The summed E-state index contributed by atoms with van der Waals surface area (Å²) in [6, 6.07) is 0. The minimum atomic E-state index is -3.23. The molecule has 0 aromatic rings. The van der Waals surface area contributed by atoms with E-state index in [0.29, 0.717) is 12.2 Å². The van der Waals surface area contributed by atoms with Gasteiger partial charge in [-0.3, -0.25) is 18.7 Å². The van der Waals surface area contributed by atoms with Crippen molar-refractivity contribution in [2.45, 2.75) is 20.3 Å². The topological polar surface area (TPSA) is 58.5 Å². The standard InChI is InChI=1S/C8H14N2O2S/c1-3-8(11)10-13(12,4-2)6-5-9-7-13/h5-7H,3-4H2,1-2H3,(H,10,11,12). The first-order valence-electron chi connectivity index (χ1n) is 4.20. The lowest BCUT2D eigenvalue weighted by Crippen LogP contribution is -2.50. The Morgan fingerprint density at radius 1 is 1.54 bits per heavy atom. The maximum Gasteiger partial charge on any atom is 0.230 e. The van der Waals surface area contributed by atoms with Crippen LogP contribution in [0, 0.1) is 0 Å². The monoisotopic (exact) mass is 202 g/mol. The molecular weight excluding hydrogens is 188 g/mol. The molecule has 1 aliphatic rings. The van der Waals surface area contributed by atoms with Gasteiger partial charge in [-0.05, 0) is 0 Å². The molecule has 0 unspecified atom stereocenters. The highest BCUT2D eigenvalue weighted by Crippen LogP contribution is 2.24. The molecule has 0 bridgehead atoms. The van der Waals surface area contributed by atoms with Gasteiger partial charge in [-0.1, -0.05) is 13.8 Å². The Labute approximate surface area is 77.7 Å². The van der Waals surface area contributed by atoms with Crippen molar-refractivity contribution in [3.05, 3.63) is 11.6 Å². The number of rotatable bonds is 3. The van der Waals surface area contributed by atoms with Crippen LogP contribution in [0.3, 0.4) is 0 Å². The van der Waals surface area contributed by atoms with Crippen LogP contribution in [0.15, 0.2) is 16.6 Å². The molecule has 1 aliphatic heterocycles. The first-order chi connectivity index (χ1) is 6.02. The zero-order valence-electron chi connectivity index (χ0n) is 7.82. The summed E-state index contributed by atoms with van der Waals surface area (Å²) in [5.74, 6) is 0.153. The van der Waals surface area contributed by atoms with Crippen molar-refractivity contribution in [2.24, 2.45) is 4.99 Å². The zero-order valence-corrected chi connectivity index (χ0v) is 8.63. The molecule has 0 spiro atoms. The quantitative estimate of drug-likeness (QED) is 0.735. The smallest absolute Gasteiger partial charge is 0.230 e. The van der Waals surface area contributed by atoms with Crippen LogP contribution in [0.1, 0.15) is 20.3 Å². The van der Waals surface area contributed by atoms with Crippen molar-refractivity contribution in [1.82, 2.24) is 4.72 Å². The van der Waals surface area contributed by atoms with Crippen LogP contribution < -0.4 is 4.72 Å². The van der Waals surface area contributed by atoms with E-state index in [-0.39, 0.29) is 5.91 Å². The molecule has 0 aromatic carbocycles. The van der Waals surface area contributed by atoms with Crippen LogP contribution in [0.25, 0.3) is 0 Å². The van der Waals surface area contributed by atoms with E-state index in [0.717, 1.165) is 0 Å². The Morgan fingerprint density at radius 2 is 2.23 bits per heavy atom. The molecule has 0 aromatic heterocycles. The number of hydrogen-bond donors (Lipinski definition) is 1. The fraction of sp³-hybridized carbons (Fsp3) is 0.500. The first kappa shape index (κ1) is 10.1. The van der Waals surface area contributed by atoms with Crippen LogP contribution in [0.4, 0.5) is 0 Å². The van der Waals surface area contributed by atoms with Crippen molar-refractivity contribution in [3.8, 4) is 0 Å². The van der Waals surface area contributed by atoms with E-state index in [9.17, 15) is 9.00 Å². The molecule has 0 fully saturated rings. The summed E-state index contributed by atoms with van der Waals surface area (Å²) in [5, 5.41) is 1.49. The molecule has 0 saturated carbocycles. The Bertz CT molecular complexity index is 328. The Morgan fingerprint density at radius 3 is 2.62 bits per heavy atom.